The number of fused-ring (bicyclic) bond motifs is 2. The Morgan fingerprint density at radius 2 is 2.04 bits per heavy atom. The molecule has 5 nitrogen and oxygen atoms in total. The maximum Gasteiger partial charge on any atom is 0.287 e. The molecule has 3 atom stereocenters. The molecule has 2 aromatic rings. The molecular formula is C19H22N2O3. The fourth-order valence-corrected chi connectivity index (χ4v) is 3.79. The van der Waals surface area contributed by atoms with Crippen LogP contribution in [0.5, 0.6) is 5.75 Å². The number of rotatable bonds is 4. The highest BCUT2D eigenvalue weighted by Gasteiger charge is 2.33. The molecule has 5 heteroatoms. The van der Waals surface area contributed by atoms with Crippen molar-refractivity contribution in [3.63, 3.8) is 0 Å². The summed E-state index contributed by atoms with van der Waals surface area (Å²) in [6.07, 6.45) is 2.34. The zero-order valence-electron chi connectivity index (χ0n) is 13.8. The Balaban J connectivity index is 1.42. The molecule has 2 aliphatic heterocycles. The van der Waals surface area contributed by atoms with Gasteiger partial charge in [0, 0.05) is 24.7 Å². The molecule has 126 valence electrons. The Bertz CT molecular complexity index is 710. The third-order valence-corrected chi connectivity index (χ3v) is 5.01. The van der Waals surface area contributed by atoms with Crippen LogP contribution in [-0.2, 0) is 0 Å². The average molecular weight is 326 g/mol. The van der Waals surface area contributed by atoms with E-state index in [1.54, 1.807) is 13.2 Å². The van der Waals surface area contributed by atoms with Crippen molar-refractivity contribution in [2.45, 2.75) is 18.9 Å². The second kappa shape index (κ2) is 6.32. The summed E-state index contributed by atoms with van der Waals surface area (Å²) >= 11 is 0. The number of methoxy groups -OCH3 is 1. The Kier molecular flexibility index (Phi) is 4.02. The van der Waals surface area contributed by atoms with Gasteiger partial charge in [-0.15, -0.1) is 0 Å². The summed E-state index contributed by atoms with van der Waals surface area (Å²) in [5, 5.41) is 3.12. The van der Waals surface area contributed by atoms with Crippen molar-refractivity contribution in [2.75, 3.05) is 26.7 Å². The normalized spacial score (nSPS) is 25.5. The van der Waals surface area contributed by atoms with E-state index in [4.69, 9.17) is 9.15 Å². The Hall–Kier alpha value is -2.27. The fourth-order valence-electron chi connectivity index (χ4n) is 3.79. The number of amides is 1. The first-order valence-electron chi connectivity index (χ1n) is 8.49. The molecule has 1 amide bonds. The van der Waals surface area contributed by atoms with Crippen LogP contribution in [0.3, 0.4) is 0 Å². The van der Waals surface area contributed by atoms with Crippen molar-refractivity contribution < 1.29 is 13.9 Å². The zero-order chi connectivity index (χ0) is 16.5. The molecule has 0 radical (unpaired) electrons. The number of ether oxygens (including phenoxy) is 1. The van der Waals surface area contributed by atoms with Gasteiger partial charge in [-0.1, -0.05) is 0 Å². The van der Waals surface area contributed by atoms with E-state index in [2.05, 4.69) is 10.2 Å². The van der Waals surface area contributed by atoms with Crippen molar-refractivity contribution in [2.24, 2.45) is 5.92 Å². The van der Waals surface area contributed by atoms with Gasteiger partial charge in [-0.2, -0.15) is 0 Å². The van der Waals surface area contributed by atoms with Crippen molar-refractivity contribution in [3.8, 4) is 17.1 Å². The van der Waals surface area contributed by atoms with Crippen LogP contribution in [0.1, 0.15) is 23.4 Å². The molecule has 3 heterocycles. The minimum atomic E-state index is -0.123. The number of hydrogen-bond donors (Lipinski definition) is 1. The lowest BCUT2D eigenvalue weighted by molar-refractivity contribution is 0.0882. The van der Waals surface area contributed by atoms with Crippen LogP contribution in [0.4, 0.5) is 0 Å². The average Bonchev–Trinajstić information content (AvgIpc) is 3.22. The summed E-state index contributed by atoms with van der Waals surface area (Å²) in [5.74, 6) is 2.46. The number of nitrogens with one attached hydrogen (secondary N) is 1. The number of benzene rings is 1. The predicted octanol–water partition coefficient (Wildman–Crippen LogP) is 2.78. The van der Waals surface area contributed by atoms with E-state index in [9.17, 15) is 4.79 Å². The van der Waals surface area contributed by atoms with Gasteiger partial charge >= 0.3 is 0 Å². The first kappa shape index (κ1) is 15.3. The van der Waals surface area contributed by atoms with Gasteiger partial charge in [0.15, 0.2) is 5.76 Å². The number of carbonyl (C=O) groups excluding carboxylic acids is 1. The molecule has 2 saturated heterocycles. The molecule has 1 aromatic heterocycles. The van der Waals surface area contributed by atoms with Gasteiger partial charge in [0.25, 0.3) is 5.91 Å². The van der Waals surface area contributed by atoms with Crippen molar-refractivity contribution in [3.05, 3.63) is 42.2 Å². The summed E-state index contributed by atoms with van der Waals surface area (Å²) in [7, 11) is 1.64. The summed E-state index contributed by atoms with van der Waals surface area (Å²) in [5.41, 5.74) is 0.927. The van der Waals surface area contributed by atoms with Crippen molar-refractivity contribution in [1.29, 1.82) is 0 Å². The lowest BCUT2D eigenvalue weighted by Gasteiger charge is -2.30. The van der Waals surface area contributed by atoms with E-state index in [1.165, 1.54) is 19.5 Å². The van der Waals surface area contributed by atoms with E-state index in [-0.39, 0.29) is 11.9 Å². The topological polar surface area (TPSA) is 54.7 Å². The molecule has 0 spiro atoms. The minimum absolute atomic E-state index is 0.123. The highest BCUT2D eigenvalue weighted by molar-refractivity contribution is 5.92. The second-order valence-corrected chi connectivity index (χ2v) is 6.71. The highest BCUT2D eigenvalue weighted by Crippen LogP contribution is 2.28. The summed E-state index contributed by atoms with van der Waals surface area (Å²) in [4.78, 5) is 14.9. The number of piperidine rings is 1. The van der Waals surface area contributed by atoms with Crippen LogP contribution in [0, 0.1) is 5.92 Å². The molecule has 4 rings (SSSR count). The molecular weight excluding hydrogens is 304 g/mol. The number of nitrogens with zero attached hydrogens (tertiary/aromatic N) is 1. The summed E-state index contributed by atoms with van der Waals surface area (Å²) in [6, 6.07) is 11.4. The van der Waals surface area contributed by atoms with E-state index < -0.39 is 0 Å². The van der Waals surface area contributed by atoms with Gasteiger partial charge in [-0.3, -0.25) is 4.79 Å². The maximum absolute atomic E-state index is 12.4. The molecule has 2 aliphatic rings. The fraction of sp³-hybridized carbons (Fsp3) is 0.421. The number of hydrogen-bond acceptors (Lipinski definition) is 4. The van der Waals surface area contributed by atoms with Crippen LogP contribution in [0.25, 0.3) is 11.3 Å². The van der Waals surface area contributed by atoms with E-state index >= 15 is 0 Å². The third kappa shape index (κ3) is 3.04. The molecule has 1 aromatic carbocycles. The number of carbonyl (C=O) groups is 1. The second-order valence-electron chi connectivity index (χ2n) is 6.71. The Labute approximate surface area is 141 Å². The molecule has 0 saturated carbocycles. The van der Waals surface area contributed by atoms with Crippen LogP contribution >= 0.6 is 0 Å². The largest absolute Gasteiger partial charge is 0.497 e. The molecule has 2 bridgehead atoms. The maximum atomic E-state index is 12.4. The molecule has 2 fully saturated rings. The van der Waals surface area contributed by atoms with Gasteiger partial charge in [0.2, 0.25) is 0 Å². The van der Waals surface area contributed by atoms with Crippen molar-refractivity contribution in [1.82, 2.24) is 10.2 Å². The Morgan fingerprint density at radius 3 is 2.79 bits per heavy atom. The number of furan rings is 1. The predicted molar refractivity (Wildman–Crippen MR) is 91.1 cm³/mol. The SMILES string of the molecule is COc1ccc(-c2ccc(C(=O)N[C@H]3C[C@H]4CCN(C4)C3)o2)cc1. The highest BCUT2D eigenvalue weighted by atomic mass is 16.5. The van der Waals surface area contributed by atoms with Gasteiger partial charge in [-0.25, -0.2) is 0 Å². The quantitative estimate of drug-likeness (QED) is 0.939. The van der Waals surface area contributed by atoms with Gasteiger partial charge < -0.3 is 19.4 Å². The molecule has 1 N–H and O–H groups in total. The molecule has 0 aliphatic carbocycles. The zero-order valence-corrected chi connectivity index (χ0v) is 13.8. The lowest BCUT2D eigenvalue weighted by atomic mass is 9.97. The van der Waals surface area contributed by atoms with E-state index in [1.807, 2.05) is 30.3 Å². The molecule has 1 unspecified atom stereocenters. The van der Waals surface area contributed by atoms with Crippen molar-refractivity contribution >= 4 is 5.91 Å². The standard InChI is InChI=1S/C19H22N2O3/c1-23-16-4-2-14(3-5-16)17-6-7-18(24-17)19(22)20-15-10-13-8-9-21(11-13)12-15/h2-7,13,15H,8-12H2,1H3,(H,20,22)/t13-,15+/m1/s1. The van der Waals surface area contributed by atoms with Gasteiger partial charge in [0.1, 0.15) is 11.5 Å². The van der Waals surface area contributed by atoms with E-state index in [0.29, 0.717) is 11.5 Å². The van der Waals surface area contributed by atoms with Gasteiger partial charge in [0.05, 0.1) is 7.11 Å². The van der Waals surface area contributed by atoms with Crippen LogP contribution in [0.15, 0.2) is 40.8 Å². The van der Waals surface area contributed by atoms with Crippen LogP contribution < -0.4 is 10.1 Å². The van der Waals surface area contributed by atoms with Gasteiger partial charge in [-0.05, 0) is 61.7 Å². The summed E-state index contributed by atoms with van der Waals surface area (Å²) < 4.78 is 10.9. The summed E-state index contributed by atoms with van der Waals surface area (Å²) in [6.45, 7) is 3.31. The van der Waals surface area contributed by atoms with E-state index in [0.717, 1.165) is 30.2 Å². The molecule has 24 heavy (non-hydrogen) atoms. The smallest absolute Gasteiger partial charge is 0.287 e. The monoisotopic (exact) mass is 326 g/mol. The first-order valence-corrected chi connectivity index (χ1v) is 8.49. The Morgan fingerprint density at radius 1 is 1.21 bits per heavy atom. The third-order valence-electron chi connectivity index (χ3n) is 5.01. The minimum Gasteiger partial charge on any atom is -0.497 e. The first-order chi connectivity index (χ1) is 11.7. The lowest BCUT2D eigenvalue weighted by Crippen LogP contribution is -2.46. The van der Waals surface area contributed by atoms with Crippen LogP contribution in [0.2, 0.25) is 0 Å². The van der Waals surface area contributed by atoms with Crippen LogP contribution in [-0.4, -0.2) is 43.6 Å².